The van der Waals surface area contributed by atoms with Crippen LogP contribution in [0.25, 0.3) is 0 Å². The molecule has 0 radical (unpaired) electrons. The summed E-state index contributed by atoms with van der Waals surface area (Å²) in [6, 6.07) is 0. The largest absolute Gasteiger partial charge is 0.613 e. The van der Waals surface area contributed by atoms with E-state index in [4.69, 9.17) is 0 Å². The third-order valence-electron chi connectivity index (χ3n) is 0.597. The Labute approximate surface area is 51.7 Å². The Morgan fingerprint density at radius 3 is 2.38 bits per heavy atom. The lowest BCUT2D eigenvalue weighted by atomic mass is 10.7. The van der Waals surface area contributed by atoms with E-state index in [9.17, 15) is 5.11 Å². The van der Waals surface area contributed by atoms with Crippen molar-refractivity contribution in [1.82, 2.24) is 0 Å². The summed E-state index contributed by atoms with van der Waals surface area (Å²) in [4.78, 5) is 0. The van der Waals surface area contributed by atoms with E-state index >= 15 is 0 Å². The maximum Gasteiger partial charge on any atom is 0.0542 e. The van der Waals surface area contributed by atoms with Gasteiger partial charge in [-0.3, -0.25) is 0 Å². The lowest BCUT2D eigenvalue weighted by Gasteiger charge is -2.13. The third kappa shape index (κ3) is 2.86. The molecule has 0 aliphatic rings. The van der Waals surface area contributed by atoms with Gasteiger partial charge in [-0.05, 0) is 18.8 Å². The molecule has 0 aromatic carbocycles. The average Bonchev–Trinajstić information content (AvgIpc) is 1.67. The second kappa shape index (κ2) is 3.73. The first kappa shape index (κ1) is 7.77. The van der Waals surface area contributed by atoms with Crippen molar-refractivity contribution in [2.45, 2.75) is 13.8 Å². The summed E-state index contributed by atoms with van der Waals surface area (Å²) in [5.41, 5.74) is 0. The van der Waals surface area contributed by atoms with Gasteiger partial charge in [0.05, 0.1) is 5.95 Å². The Balaban J connectivity index is 3.62. The molecule has 0 bridgehead atoms. The summed E-state index contributed by atoms with van der Waals surface area (Å²) in [5.74, 6) is -0.238. The molecule has 0 spiro atoms. The van der Waals surface area contributed by atoms with Crippen LogP contribution in [-0.4, -0.2) is 6.61 Å². The van der Waals surface area contributed by atoms with Crippen molar-refractivity contribution in [2.24, 2.45) is 0 Å². The van der Waals surface area contributed by atoms with Gasteiger partial charge in [0.1, 0.15) is 0 Å². The molecule has 0 aliphatic heterocycles. The monoisotopic (exact) mass is 133 g/mol. The van der Waals surface area contributed by atoms with Crippen molar-refractivity contribution in [3.8, 4) is 0 Å². The highest BCUT2D eigenvalue weighted by Crippen LogP contribution is 2.05. The molecule has 0 rings (SSSR count). The molecule has 1 unspecified atom stereocenters. The van der Waals surface area contributed by atoms with E-state index < -0.39 is 0 Å². The maximum absolute atomic E-state index is 10.5. The Kier molecular flexibility index (Phi) is 3.63. The van der Waals surface area contributed by atoms with Crippen LogP contribution in [0.3, 0.4) is 0 Å². The first-order valence-electron chi connectivity index (χ1n) is 2.44. The average molecular weight is 133 g/mol. The predicted octanol–water partition coefficient (Wildman–Crippen LogP) is 0.447. The van der Waals surface area contributed by atoms with Gasteiger partial charge in [0.25, 0.3) is 0 Å². The summed E-state index contributed by atoms with van der Waals surface area (Å²) in [6.07, 6.45) is 0. The zero-order valence-electron chi connectivity index (χ0n) is 5.10. The number of rotatable bonds is 2. The first-order valence-corrected chi connectivity index (χ1v) is 3.02. The molecule has 48 valence electrons. The van der Waals surface area contributed by atoms with Crippen molar-refractivity contribution in [3.05, 3.63) is 11.3 Å². The Morgan fingerprint density at radius 1 is 1.75 bits per heavy atom. The Morgan fingerprint density at radius 2 is 2.25 bits per heavy atom. The summed E-state index contributed by atoms with van der Waals surface area (Å²) < 4.78 is 4.61. The van der Waals surface area contributed by atoms with Crippen molar-refractivity contribution in [1.29, 1.82) is 0 Å². The fourth-order valence-corrected chi connectivity index (χ4v) is 0.328. The highest BCUT2D eigenvalue weighted by Gasteiger charge is 1.79. The SMILES string of the molecule is CCO/C([O-])=C(\C)P. The van der Waals surface area contributed by atoms with Crippen LogP contribution in [0.15, 0.2) is 11.3 Å². The molecule has 0 aromatic heterocycles. The number of allylic oxidation sites excluding steroid dienone is 1. The minimum atomic E-state index is -0.238. The third-order valence-corrected chi connectivity index (χ3v) is 0.833. The lowest BCUT2D eigenvalue weighted by Crippen LogP contribution is -2.08. The molecule has 0 aromatic rings. The van der Waals surface area contributed by atoms with Crippen LogP contribution in [0.1, 0.15) is 13.8 Å². The van der Waals surface area contributed by atoms with Crippen LogP contribution < -0.4 is 5.11 Å². The van der Waals surface area contributed by atoms with Gasteiger partial charge in [0.15, 0.2) is 0 Å². The van der Waals surface area contributed by atoms with Crippen LogP contribution in [0.5, 0.6) is 0 Å². The van der Waals surface area contributed by atoms with E-state index in [0.29, 0.717) is 11.9 Å². The molecule has 0 amide bonds. The lowest BCUT2D eigenvalue weighted by molar-refractivity contribution is -0.357. The van der Waals surface area contributed by atoms with E-state index in [0.717, 1.165) is 0 Å². The van der Waals surface area contributed by atoms with E-state index in [1.165, 1.54) is 0 Å². The fraction of sp³-hybridized carbons (Fsp3) is 0.600. The van der Waals surface area contributed by atoms with Gasteiger partial charge < -0.3 is 9.84 Å². The van der Waals surface area contributed by atoms with E-state index in [1.54, 1.807) is 13.8 Å². The molecule has 1 atom stereocenters. The summed E-state index contributed by atoms with van der Waals surface area (Å²) in [6.45, 7) is 3.93. The molecule has 0 saturated carbocycles. The normalized spacial score (nSPS) is 12.9. The molecular weight excluding hydrogens is 123 g/mol. The second-order valence-electron chi connectivity index (χ2n) is 1.40. The molecule has 8 heavy (non-hydrogen) atoms. The zero-order chi connectivity index (χ0) is 6.57. The number of ether oxygens (including phenoxy) is 1. The minimum absolute atomic E-state index is 0.238. The van der Waals surface area contributed by atoms with Gasteiger partial charge in [-0.15, -0.1) is 9.24 Å². The number of hydrogen-bond donors (Lipinski definition) is 0. The van der Waals surface area contributed by atoms with Crippen LogP contribution >= 0.6 is 9.24 Å². The summed E-state index contributed by atoms with van der Waals surface area (Å²) in [5, 5.41) is 11.1. The topological polar surface area (TPSA) is 32.3 Å². The van der Waals surface area contributed by atoms with Crippen molar-refractivity contribution >= 4 is 9.24 Å². The number of hydrogen-bond acceptors (Lipinski definition) is 2. The van der Waals surface area contributed by atoms with Crippen LogP contribution in [-0.2, 0) is 4.74 Å². The highest BCUT2D eigenvalue weighted by atomic mass is 31.0. The van der Waals surface area contributed by atoms with Crippen LogP contribution in [0, 0.1) is 0 Å². The summed E-state index contributed by atoms with van der Waals surface area (Å²) >= 11 is 0. The first-order chi connectivity index (χ1) is 3.68. The van der Waals surface area contributed by atoms with E-state index in [1.807, 2.05) is 0 Å². The molecule has 0 fully saturated rings. The van der Waals surface area contributed by atoms with Crippen molar-refractivity contribution in [2.75, 3.05) is 6.61 Å². The van der Waals surface area contributed by atoms with Crippen LogP contribution in [0.2, 0.25) is 0 Å². The standard InChI is InChI=1S/C5H11O2P/c1-3-7-5(6)4(2)8/h6H,3,8H2,1-2H3/p-1/b5-4+. The van der Waals surface area contributed by atoms with Gasteiger partial charge >= 0.3 is 0 Å². The molecule has 0 heterocycles. The van der Waals surface area contributed by atoms with E-state index in [2.05, 4.69) is 14.0 Å². The fourth-order valence-electron chi connectivity index (χ4n) is 0.245. The van der Waals surface area contributed by atoms with Gasteiger partial charge in [0.2, 0.25) is 0 Å². The zero-order valence-corrected chi connectivity index (χ0v) is 6.26. The summed E-state index contributed by atoms with van der Waals surface area (Å²) in [7, 11) is 2.29. The quantitative estimate of drug-likeness (QED) is 0.404. The molecule has 0 aliphatic carbocycles. The molecule has 3 heteroatoms. The molecular formula is C5H10O2P-. The minimum Gasteiger partial charge on any atom is -0.613 e. The van der Waals surface area contributed by atoms with Crippen molar-refractivity contribution in [3.63, 3.8) is 0 Å². The molecule has 0 saturated heterocycles. The van der Waals surface area contributed by atoms with E-state index in [-0.39, 0.29) is 5.95 Å². The Bertz CT molecular complexity index is 94.6. The Hall–Kier alpha value is -0.230. The molecule has 0 N–H and O–H groups in total. The van der Waals surface area contributed by atoms with Gasteiger partial charge in [0, 0.05) is 0 Å². The van der Waals surface area contributed by atoms with Gasteiger partial charge in [-0.1, -0.05) is 6.92 Å². The highest BCUT2D eigenvalue weighted by molar-refractivity contribution is 7.22. The van der Waals surface area contributed by atoms with Crippen molar-refractivity contribution < 1.29 is 9.84 Å². The van der Waals surface area contributed by atoms with Gasteiger partial charge in [-0.2, -0.15) is 0 Å². The molecule has 2 nitrogen and oxygen atoms in total. The van der Waals surface area contributed by atoms with Gasteiger partial charge in [-0.25, -0.2) is 0 Å². The predicted molar refractivity (Wildman–Crippen MR) is 34.0 cm³/mol. The smallest absolute Gasteiger partial charge is 0.0542 e. The maximum atomic E-state index is 10.5. The second-order valence-corrected chi connectivity index (χ2v) is 2.27. The van der Waals surface area contributed by atoms with Crippen LogP contribution in [0.4, 0.5) is 0 Å².